The number of oxazole rings is 1. The highest BCUT2D eigenvalue weighted by Crippen LogP contribution is 2.32. The van der Waals surface area contributed by atoms with E-state index in [4.69, 9.17) is 9.15 Å². The van der Waals surface area contributed by atoms with Gasteiger partial charge in [0.05, 0.1) is 6.61 Å². The van der Waals surface area contributed by atoms with E-state index in [0.717, 1.165) is 18.9 Å². The van der Waals surface area contributed by atoms with Crippen molar-refractivity contribution in [3.05, 3.63) is 12.0 Å². The summed E-state index contributed by atoms with van der Waals surface area (Å²) < 4.78 is 9.92. The number of aromatic nitrogens is 1. The number of anilines is 1. The fourth-order valence-electron chi connectivity index (χ4n) is 1.44. The molecule has 88 valence electrons. The lowest BCUT2D eigenvalue weighted by atomic mass is 10.3. The molecule has 0 radical (unpaired) electrons. The Morgan fingerprint density at radius 2 is 2.50 bits per heavy atom. The average molecular weight is 224 g/mol. The summed E-state index contributed by atoms with van der Waals surface area (Å²) >= 11 is 0. The number of carbonyl (C=O) groups excluding carboxylic acids is 1. The Hall–Kier alpha value is -1.52. The van der Waals surface area contributed by atoms with E-state index >= 15 is 0 Å². The smallest absolute Gasteiger partial charge is 0.360 e. The molecule has 1 N–H and O–H groups in total. The Morgan fingerprint density at radius 3 is 3.19 bits per heavy atom. The molecule has 1 saturated carbocycles. The molecule has 1 aliphatic carbocycles. The third-order valence-electron chi connectivity index (χ3n) is 2.51. The summed E-state index contributed by atoms with van der Waals surface area (Å²) in [5, 5.41) is 3.05. The summed E-state index contributed by atoms with van der Waals surface area (Å²) in [6, 6.07) is 0.392. The van der Waals surface area contributed by atoms with E-state index in [1.165, 1.54) is 19.1 Å². The van der Waals surface area contributed by atoms with Crippen molar-refractivity contribution in [2.45, 2.75) is 26.2 Å². The summed E-state index contributed by atoms with van der Waals surface area (Å²) in [4.78, 5) is 15.3. The summed E-state index contributed by atoms with van der Waals surface area (Å²) in [5.74, 6) is 0.425. The minimum Gasteiger partial charge on any atom is -0.461 e. The molecule has 0 saturated heterocycles. The van der Waals surface area contributed by atoms with Gasteiger partial charge >= 0.3 is 5.97 Å². The molecule has 1 aromatic heterocycles. The van der Waals surface area contributed by atoms with Gasteiger partial charge in [0, 0.05) is 6.54 Å². The molecule has 5 heteroatoms. The van der Waals surface area contributed by atoms with E-state index in [2.05, 4.69) is 10.3 Å². The molecule has 1 fully saturated rings. The van der Waals surface area contributed by atoms with Crippen LogP contribution in [0.2, 0.25) is 0 Å². The first kappa shape index (κ1) is 11.0. The summed E-state index contributed by atoms with van der Waals surface area (Å²) in [6.07, 6.45) is 5.12. The van der Waals surface area contributed by atoms with Crippen LogP contribution in [0.1, 0.15) is 36.7 Å². The first-order valence-corrected chi connectivity index (χ1v) is 5.66. The number of rotatable bonds is 6. The van der Waals surface area contributed by atoms with E-state index in [1.807, 2.05) is 0 Å². The Morgan fingerprint density at radius 1 is 1.69 bits per heavy atom. The topological polar surface area (TPSA) is 64.4 Å². The number of hydrogen-bond donors (Lipinski definition) is 1. The highest BCUT2D eigenvalue weighted by atomic mass is 16.5. The predicted octanol–water partition coefficient (Wildman–Crippen LogP) is 2.06. The van der Waals surface area contributed by atoms with E-state index in [0.29, 0.717) is 12.6 Å². The number of ether oxygens (including phenoxy) is 1. The molecule has 1 aliphatic rings. The molecule has 5 nitrogen and oxygen atoms in total. The van der Waals surface area contributed by atoms with Gasteiger partial charge in [0.2, 0.25) is 0 Å². The van der Waals surface area contributed by atoms with Gasteiger partial charge in [0.15, 0.2) is 5.69 Å². The number of carbonyl (C=O) groups is 1. The molecule has 1 aromatic rings. The van der Waals surface area contributed by atoms with Crippen LogP contribution < -0.4 is 5.32 Å². The lowest BCUT2D eigenvalue weighted by molar-refractivity contribution is 0.0519. The van der Waals surface area contributed by atoms with Gasteiger partial charge in [-0.05, 0) is 19.3 Å². The fraction of sp³-hybridized carbons (Fsp3) is 0.636. The lowest BCUT2D eigenvalue weighted by Crippen LogP contribution is -2.06. The second-order valence-corrected chi connectivity index (χ2v) is 3.92. The van der Waals surface area contributed by atoms with Gasteiger partial charge < -0.3 is 14.5 Å². The van der Waals surface area contributed by atoms with Crippen molar-refractivity contribution in [3.63, 3.8) is 0 Å². The van der Waals surface area contributed by atoms with Crippen LogP contribution in [-0.4, -0.2) is 24.1 Å². The van der Waals surface area contributed by atoms with Crippen LogP contribution in [0.3, 0.4) is 0 Å². The van der Waals surface area contributed by atoms with Crippen molar-refractivity contribution < 1.29 is 13.9 Å². The van der Waals surface area contributed by atoms with Crippen molar-refractivity contribution in [1.82, 2.24) is 4.98 Å². The highest BCUT2D eigenvalue weighted by molar-refractivity contribution is 5.87. The SMILES string of the molecule is CCOC(=O)c1coc(NCCC2CC2)n1. The van der Waals surface area contributed by atoms with Crippen LogP contribution in [0.5, 0.6) is 0 Å². The van der Waals surface area contributed by atoms with Gasteiger partial charge in [-0.2, -0.15) is 4.98 Å². The number of nitrogens with one attached hydrogen (secondary N) is 1. The van der Waals surface area contributed by atoms with Crippen molar-refractivity contribution in [1.29, 1.82) is 0 Å². The fourth-order valence-corrected chi connectivity index (χ4v) is 1.44. The van der Waals surface area contributed by atoms with Gasteiger partial charge in [0.1, 0.15) is 6.26 Å². The molecular formula is C11H16N2O3. The van der Waals surface area contributed by atoms with Crippen molar-refractivity contribution in [2.24, 2.45) is 5.92 Å². The zero-order chi connectivity index (χ0) is 11.4. The Bertz CT molecular complexity index is 358. The third-order valence-corrected chi connectivity index (χ3v) is 2.51. The largest absolute Gasteiger partial charge is 0.461 e. The number of nitrogens with zero attached hydrogens (tertiary/aromatic N) is 1. The second-order valence-electron chi connectivity index (χ2n) is 3.92. The number of hydrogen-bond acceptors (Lipinski definition) is 5. The quantitative estimate of drug-likeness (QED) is 0.749. The first-order chi connectivity index (χ1) is 7.79. The Labute approximate surface area is 94.2 Å². The van der Waals surface area contributed by atoms with Crippen LogP contribution in [0, 0.1) is 5.92 Å². The maximum Gasteiger partial charge on any atom is 0.360 e. The van der Waals surface area contributed by atoms with Gasteiger partial charge in [0.25, 0.3) is 6.01 Å². The molecule has 0 amide bonds. The second kappa shape index (κ2) is 5.01. The van der Waals surface area contributed by atoms with Gasteiger partial charge in [-0.15, -0.1) is 0 Å². The van der Waals surface area contributed by atoms with E-state index in [1.54, 1.807) is 6.92 Å². The van der Waals surface area contributed by atoms with Gasteiger partial charge in [-0.3, -0.25) is 0 Å². The zero-order valence-corrected chi connectivity index (χ0v) is 9.36. The minimum atomic E-state index is -0.443. The Kier molecular flexibility index (Phi) is 3.44. The summed E-state index contributed by atoms with van der Waals surface area (Å²) in [5.41, 5.74) is 0.218. The molecule has 1 heterocycles. The number of esters is 1. The molecule has 0 aliphatic heterocycles. The van der Waals surface area contributed by atoms with E-state index in [-0.39, 0.29) is 5.69 Å². The molecule has 0 unspecified atom stereocenters. The molecule has 2 rings (SSSR count). The Balaban J connectivity index is 1.78. The maximum atomic E-state index is 11.3. The monoisotopic (exact) mass is 224 g/mol. The van der Waals surface area contributed by atoms with Crippen molar-refractivity contribution >= 4 is 12.0 Å². The normalized spacial score (nSPS) is 14.8. The highest BCUT2D eigenvalue weighted by Gasteiger charge is 2.20. The van der Waals surface area contributed by atoms with Crippen molar-refractivity contribution in [3.8, 4) is 0 Å². The van der Waals surface area contributed by atoms with Crippen LogP contribution in [0.4, 0.5) is 6.01 Å². The zero-order valence-electron chi connectivity index (χ0n) is 9.36. The van der Waals surface area contributed by atoms with E-state index < -0.39 is 5.97 Å². The minimum absolute atomic E-state index is 0.218. The average Bonchev–Trinajstić information content (AvgIpc) is 2.95. The standard InChI is InChI=1S/C11H16N2O3/c1-2-15-10(14)9-7-16-11(13-9)12-6-5-8-3-4-8/h7-8H,2-6H2,1H3,(H,12,13). The molecule has 0 bridgehead atoms. The summed E-state index contributed by atoms with van der Waals surface area (Å²) in [6.45, 7) is 2.94. The first-order valence-electron chi connectivity index (χ1n) is 5.66. The lowest BCUT2D eigenvalue weighted by Gasteiger charge is -1.98. The molecule has 0 spiro atoms. The van der Waals surface area contributed by atoms with Gasteiger partial charge in [-0.25, -0.2) is 4.79 Å². The van der Waals surface area contributed by atoms with E-state index in [9.17, 15) is 4.79 Å². The van der Waals surface area contributed by atoms with Crippen molar-refractivity contribution in [2.75, 3.05) is 18.5 Å². The van der Waals surface area contributed by atoms with Crippen LogP contribution in [0.15, 0.2) is 10.7 Å². The summed E-state index contributed by atoms with van der Waals surface area (Å²) in [7, 11) is 0. The molecule has 16 heavy (non-hydrogen) atoms. The third kappa shape index (κ3) is 2.98. The van der Waals surface area contributed by atoms with Crippen LogP contribution >= 0.6 is 0 Å². The molecule has 0 aromatic carbocycles. The molecule has 0 atom stereocenters. The van der Waals surface area contributed by atoms with Crippen LogP contribution in [0.25, 0.3) is 0 Å². The van der Waals surface area contributed by atoms with Gasteiger partial charge in [-0.1, -0.05) is 12.8 Å². The maximum absolute atomic E-state index is 11.3. The molecular weight excluding hydrogens is 208 g/mol. The predicted molar refractivity (Wildman–Crippen MR) is 58.3 cm³/mol. The van der Waals surface area contributed by atoms with Crippen LogP contribution in [-0.2, 0) is 4.74 Å².